The van der Waals surface area contributed by atoms with Crippen molar-refractivity contribution in [2.45, 2.75) is 46.0 Å². The van der Waals surface area contributed by atoms with E-state index in [1.165, 1.54) is 11.3 Å². The van der Waals surface area contributed by atoms with Gasteiger partial charge in [0.1, 0.15) is 5.75 Å². The first-order chi connectivity index (χ1) is 16.5. The fourth-order valence-electron chi connectivity index (χ4n) is 4.56. The van der Waals surface area contributed by atoms with E-state index in [9.17, 15) is 4.79 Å². The summed E-state index contributed by atoms with van der Waals surface area (Å²) in [5.41, 5.74) is 4.49. The first kappa shape index (κ1) is 22.6. The SMILES string of the molecule is COc1cccc(-c2nc(-n3nc(C(=O)N4CCCCC4)c4cc(C)ccc43)sc2C(C)C)c1. The summed E-state index contributed by atoms with van der Waals surface area (Å²) >= 11 is 1.63. The van der Waals surface area contributed by atoms with Gasteiger partial charge in [-0.3, -0.25) is 4.79 Å². The summed E-state index contributed by atoms with van der Waals surface area (Å²) in [7, 11) is 1.67. The van der Waals surface area contributed by atoms with Crippen molar-refractivity contribution in [3.05, 3.63) is 58.6 Å². The Balaban J connectivity index is 1.65. The molecule has 176 valence electrons. The van der Waals surface area contributed by atoms with Crippen LogP contribution in [0.4, 0.5) is 0 Å². The Hall–Kier alpha value is -3.19. The first-order valence-corrected chi connectivity index (χ1v) is 12.7. The average molecular weight is 475 g/mol. The molecule has 7 heteroatoms. The maximum atomic E-state index is 13.5. The van der Waals surface area contributed by atoms with Crippen LogP contribution >= 0.6 is 11.3 Å². The number of aromatic nitrogens is 3. The van der Waals surface area contributed by atoms with E-state index in [-0.39, 0.29) is 5.91 Å². The smallest absolute Gasteiger partial charge is 0.275 e. The maximum Gasteiger partial charge on any atom is 0.275 e. The molecule has 3 heterocycles. The lowest BCUT2D eigenvalue weighted by atomic mass is 10.1. The van der Waals surface area contributed by atoms with Crippen molar-refractivity contribution in [2.24, 2.45) is 0 Å². The third kappa shape index (κ3) is 4.09. The fraction of sp³-hybridized carbons (Fsp3) is 0.370. The molecule has 6 nitrogen and oxygen atoms in total. The lowest BCUT2D eigenvalue weighted by Gasteiger charge is -2.25. The summed E-state index contributed by atoms with van der Waals surface area (Å²) in [6, 6.07) is 14.2. The molecule has 0 spiro atoms. The molecule has 2 aromatic heterocycles. The van der Waals surface area contributed by atoms with Crippen molar-refractivity contribution in [3.63, 3.8) is 0 Å². The zero-order chi connectivity index (χ0) is 23.8. The van der Waals surface area contributed by atoms with Gasteiger partial charge in [0, 0.05) is 28.9 Å². The Morgan fingerprint density at radius 3 is 2.62 bits per heavy atom. The molecule has 0 aliphatic carbocycles. The van der Waals surface area contributed by atoms with E-state index in [1.807, 2.05) is 40.8 Å². The number of carbonyl (C=O) groups is 1. The summed E-state index contributed by atoms with van der Waals surface area (Å²) in [6.07, 6.45) is 3.29. The van der Waals surface area contributed by atoms with Crippen LogP contribution in [0.2, 0.25) is 0 Å². The van der Waals surface area contributed by atoms with Crippen LogP contribution in [0.15, 0.2) is 42.5 Å². The van der Waals surface area contributed by atoms with Gasteiger partial charge in [-0.25, -0.2) is 9.67 Å². The molecule has 0 N–H and O–H groups in total. The van der Waals surface area contributed by atoms with E-state index in [2.05, 4.69) is 32.0 Å². The number of hydrogen-bond donors (Lipinski definition) is 0. The zero-order valence-corrected chi connectivity index (χ0v) is 21.0. The van der Waals surface area contributed by atoms with Crippen LogP contribution in [0, 0.1) is 6.92 Å². The average Bonchev–Trinajstić information content (AvgIpc) is 3.46. The summed E-state index contributed by atoms with van der Waals surface area (Å²) in [5, 5.41) is 6.53. The first-order valence-electron chi connectivity index (χ1n) is 11.9. The molecule has 5 rings (SSSR count). The third-order valence-corrected chi connectivity index (χ3v) is 7.70. The minimum absolute atomic E-state index is 0.0164. The van der Waals surface area contributed by atoms with Crippen LogP contribution in [0.1, 0.15) is 60.0 Å². The summed E-state index contributed by atoms with van der Waals surface area (Å²) in [4.78, 5) is 21.6. The van der Waals surface area contributed by atoms with Gasteiger partial charge in [-0.15, -0.1) is 0 Å². The number of methoxy groups -OCH3 is 1. The van der Waals surface area contributed by atoms with Gasteiger partial charge in [-0.1, -0.05) is 48.9 Å². The van der Waals surface area contributed by atoms with Crippen LogP contribution in [0.5, 0.6) is 5.75 Å². The highest BCUT2D eigenvalue weighted by atomic mass is 32.1. The Bertz CT molecular complexity index is 1350. The third-order valence-electron chi connectivity index (χ3n) is 6.37. The number of thiazole rings is 1. The number of fused-ring (bicyclic) bond motifs is 1. The van der Waals surface area contributed by atoms with Crippen molar-refractivity contribution in [1.29, 1.82) is 0 Å². The van der Waals surface area contributed by atoms with E-state index in [0.717, 1.165) is 64.5 Å². The van der Waals surface area contributed by atoms with Crippen molar-refractivity contribution in [3.8, 4) is 22.1 Å². The monoisotopic (exact) mass is 474 g/mol. The molecular weight excluding hydrogens is 444 g/mol. The Kier molecular flexibility index (Phi) is 6.13. The molecule has 1 fully saturated rings. The van der Waals surface area contributed by atoms with Gasteiger partial charge in [-0.2, -0.15) is 5.10 Å². The predicted octanol–water partition coefficient (Wildman–Crippen LogP) is 6.22. The second kappa shape index (κ2) is 9.22. The lowest BCUT2D eigenvalue weighted by molar-refractivity contribution is 0.0720. The van der Waals surface area contributed by atoms with Crippen molar-refractivity contribution < 1.29 is 9.53 Å². The van der Waals surface area contributed by atoms with Crippen LogP contribution in [0.25, 0.3) is 27.3 Å². The highest BCUT2D eigenvalue weighted by molar-refractivity contribution is 7.14. The van der Waals surface area contributed by atoms with E-state index >= 15 is 0 Å². The van der Waals surface area contributed by atoms with E-state index in [0.29, 0.717) is 11.6 Å². The minimum Gasteiger partial charge on any atom is -0.497 e. The molecular formula is C27H30N4O2S. The Labute approximate surface area is 204 Å². The molecule has 0 saturated carbocycles. The van der Waals surface area contributed by atoms with Gasteiger partial charge in [-0.05, 0) is 56.4 Å². The van der Waals surface area contributed by atoms with Crippen molar-refractivity contribution >= 4 is 28.1 Å². The number of hydrogen-bond acceptors (Lipinski definition) is 5. The highest BCUT2D eigenvalue weighted by Crippen LogP contribution is 2.37. The molecule has 0 radical (unpaired) electrons. The van der Waals surface area contributed by atoms with E-state index in [1.54, 1.807) is 18.4 Å². The molecule has 2 aromatic carbocycles. The highest BCUT2D eigenvalue weighted by Gasteiger charge is 2.26. The molecule has 1 aliphatic rings. The fourth-order valence-corrected chi connectivity index (χ4v) is 5.62. The number of aryl methyl sites for hydroxylation is 1. The summed E-state index contributed by atoms with van der Waals surface area (Å²) < 4.78 is 7.29. The molecule has 1 saturated heterocycles. The van der Waals surface area contributed by atoms with Crippen molar-refractivity contribution in [2.75, 3.05) is 20.2 Å². The molecule has 4 aromatic rings. The van der Waals surface area contributed by atoms with Gasteiger partial charge in [0.05, 0.1) is 18.3 Å². The normalized spacial score (nSPS) is 14.2. The van der Waals surface area contributed by atoms with Gasteiger partial charge in [0.15, 0.2) is 5.69 Å². The molecule has 0 atom stereocenters. The molecule has 0 bridgehead atoms. The molecule has 0 unspecified atom stereocenters. The number of ether oxygens (including phenoxy) is 1. The standard InChI is InChI=1S/C27H30N4O2S/c1-17(2)25-23(19-9-8-10-20(16-19)33-4)28-27(34-25)31-22-12-11-18(3)15-21(22)24(29-31)26(32)30-13-6-5-7-14-30/h8-12,15-17H,5-7,13-14H2,1-4H3. The molecule has 1 amide bonds. The zero-order valence-electron chi connectivity index (χ0n) is 20.2. The number of benzene rings is 2. The van der Waals surface area contributed by atoms with Gasteiger partial charge >= 0.3 is 0 Å². The molecule has 1 aliphatic heterocycles. The van der Waals surface area contributed by atoms with Gasteiger partial charge < -0.3 is 9.64 Å². The van der Waals surface area contributed by atoms with Crippen LogP contribution < -0.4 is 4.74 Å². The number of piperidine rings is 1. The van der Waals surface area contributed by atoms with Crippen molar-refractivity contribution in [1.82, 2.24) is 19.7 Å². The lowest BCUT2D eigenvalue weighted by Crippen LogP contribution is -2.36. The topological polar surface area (TPSA) is 60.2 Å². The van der Waals surface area contributed by atoms with Gasteiger partial charge in [0.25, 0.3) is 5.91 Å². The number of carbonyl (C=O) groups excluding carboxylic acids is 1. The maximum absolute atomic E-state index is 13.5. The largest absolute Gasteiger partial charge is 0.497 e. The predicted molar refractivity (Wildman–Crippen MR) is 137 cm³/mol. The molecule has 34 heavy (non-hydrogen) atoms. The summed E-state index contributed by atoms with van der Waals surface area (Å²) in [5.74, 6) is 1.12. The van der Waals surface area contributed by atoms with E-state index in [4.69, 9.17) is 14.8 Å². The van der Waals surface area contributed by atoms with Crippen LogP contribution in [-0.4, -0.2) is 45.8 Å². The van der Waals surface area contributed by atoms with Gasteiger partial charge in [0.2, 0.25) is 5.13 Å². The second-order valence-corrected chi connectivity index (χ2v) is 10.2. The Morgan fingerprint density at radius 2 is 1.88 bits per heavy atom. The van der Waals surface area contributed by atoms with E-state index < -0.39 is 0 Å². The number of likely N-dealkylation sites (tertiary alicyclic amines) is 1. The van der Waals surface area contributed by atoms with Crippen LogP contribution in [-0.2, 0) is 0 Å². The number of rotatable bonds is 5. The second-order valence-electron chi connectivity index (χ2n) is 9.23. The quantitative estimate of drug-likeness (QED) is 0.345. The minimum atomic E-state index is 0.0164. The summed E-state index contributed by atoms with van der Waals surface area (Å²) in [6.45, 7) is 8.00. The number of nitrogens with zero attached hydrogens (tertiary/aromatic N) is 4. The Morgan fingerprint density at radius 1 is 1.09 bits per heavy atom. The number of amides is 1. The van der Waals surface area contributed by atoms with Crippen LogP contribution in [0.3, 0.4) is 0 Å².